The molecule has 0 atom stereocenters. The molecule has 0 spiro atoms. The second kappa shape index (κ2) is 7.69. The molecule has 3 aromatic carbocycles. The summed E-state index contributed by atoms with van der Waals surface area (Å²) in [7, 11) is 0. The first-order valence-corrected chi connectivity index (χ1v) is 10.1. The summed E-state index contributed by atoms with van der Waals surface area (Å²) >= 11 is 0. The third kappa shape index (κ3) is 3.44. The largest absolute Gasteiger partial charge is 0.342 e. The molecule has 1 aromatic heterocycles. The van der Waals surface area contributed by atoms with E-state index in [4.69, 9.17) is 0 Å². The lowest BCUT2D eigenvalue weighted by atomic mass is 10.1. The number of hydrazone groups is 1. The number of benzene rings is 3. The Bertz CT molecular complexity index is 1350. The molecule has 4 nitrogen and oxygen atoms in total. The summed E-state index contributed by atoms with van der Waals surface area (Å²) in [4.78, 5) is 13.1. The van der Waals surface area contributed by atoms with Gasteiger partial charge in [-0.3, -0.25) is 4.79 Å². The number of fused-ring (bicyclic) bond motifs is 1. The number of aromatic nitrogens is 1. The maximum absolute atomic E-state index is 14.2. The number of hydrogen-bond donors (Lipinski definition) is 0. The Morgan fingerprint density at radius 2 is 1.65 bits per heavy atom. The van der Waals surface area contributed by atoms with Gasteiger partial charge in [0.1, 0.15) is 5.82 Å². The van der Waals surface area contributed by atoms with Crippen molar-refractivity contribution >= 4 is 34.3 Å². The molecule has 0 aliphatic carbocycles. The second-order valence-corrected chi connectivity index (χ2v) is 7.52. The molecule has 0 radical (unpaired) electrons. The van der Waals surface area contributed by atoms with Gasteiger partial charge in [0.2, 0.25) is 0 Å². The first-order chi connectivity index (χ1) is 15.1. The van der Waals surface area contributed by atoms with Crippen LogP contribution >= 0.6 is 0 Å². The van der Waals surface area contributed by atoms with Gasteiger partial charge in [0, 0.05) is 28.2 Å². The number of nitrogens with zero attached hydrogens (tertiary/aromatic N) is 3. The van der Waals surface area contributed by atoms with Gasteiger partial charge >= 0.3 is 0 Å². The number of carbonyl (C=O) groups is 1. The summed E-state index contributed by atoms with van der Waals surface area (Å²) in [5.74, 6) is -0.387. The summed E-state index contributed by atoms with van der Waals surface area (Å²) in [5, 5.41) is 6.89. The minimum atomic E-state index is -0.229. The van der Waals surface area contributed by atoms with Gasteiger partial charge in [-0.25, -0.2) is 4.39 Å². The van der Waals surface area contributed by atoms with Gasteiger partial charge in [0.15, 0.2) is 0 Å². The summed E-state index contributed by atoms with van der Waals surface area (Å²) in [5.41, 5.74) is 4.46. The van der Waals surface area contributed by atoms with Gasteiger partial charge in [-0.15, -0.1) is 0 Å². The van der Waals surface area contributed by atoms with Gasteiger partial charge in [-0.05, 0) is 37.3 Å². The lowest BCUT2D eigenvalue weighted by Crippen LogP contribution is -2.21. The van der Waals surface area contributed by atoms with E-state index in [2.05, 4.69) is 5.10 Å². The predicted molar refractivity (Wildman–Crippen MR) is 122 cm³/mol. The highest BCUT2D eigenvalue weighted by molar-refractivity contribution is 6.32. The molecule has 152 valence electrons. The lowest BCUT2D eigenvalue weighted by Gasteiger charge is -2.10. The van der Waals surface area contributed by atoms with Crippen LogP contribution in [0.3, 0.4) is 0 Å². The minimum absolute atomic E-state index is 0.158. The van der Waals surface area contributed by atoms with Crippen LogP contribution in [0.4, 0.5) is 10.1 Å². The first kappa shape index (κ1) is 19.0. The topological polar surface area (TPSA) is 37.6 Å². The van der Waals surface area contributed by atoms with Crippen molar-refractivity contribution in [1.82, 2.24) is 4.57 Å². The number of halogens is 1. The number of hydrogen-bond acceptors (Lipinski definition) is 2. The van der Waals surface area contributed by atoms with Gasteiger partial charge in [-0.2, -0.15) is 10.1 Å². The Labute approximate surface area is 179 Å². The zero-order chi connectivity index (χ0) is 21.4. The summed E-state index contributed by atoms with van der Waals surface area (Å²) in [6, 6.07) is 24.1. The van der Waals surface area contributed by atoms with Crippen LogP contribution < -0.4 is 5.01 Å². The highest BCUT2D eigenvalue weighted by Gasteiger charge is 2.28. The standard InChI is InChI=1S/C26H20FN3O/c1-18-23(26(31)30(28-18)21-10-3-2-4-11-21)15-20-17-29(25-14-8-6-12-22(20)25)16-19-9-5-7-13-24(19)27/h2-15,17H,16H2,1H3/b23-15+. The van der Waals surface area contributed by atoms with Crippen molar-refractivity contribution in [3.05, 3.63) is 108 Å². The fourth-order valence-corrected chi connectivity index (χ4v) is 3.92. The highest BCUT2D eigenvalue weighted by Crippen LogP contribution is 2.29. The van der Waals surface area contributed by atoms with Crippen LogP contribution in [-0.4, -0.2) is 16.2 Å². The molecule has 0 saturated heterocycles. The van der Waals surface area contributed by atoms with Crippen LogP contribution in [0.5, 0.6) is 0 Å². The van der Waals surface area contributed by atoms with E-state index in [-0.39, 0.29) is 11.7 Å². The zero-order valence-electron chi connectivity index (χ0n) is 17.0. The fraction of sp³-hybridized carbons (Fsp3) is 0.0769. The van der Waals surface area contributed by atoms with Gasteiger partial charge < -0.3 is 4.57 Å². The molecule has 4 aromatic rings. The third-order valence-electron chi connectivity index (χ3n) is 5.48. The third-order valence-corrected chi connectivity index (χ3v) is 5.48. The molecule has 31 heavy (non-hydrogen) atoms. The van der Waals surface area contributed by atoms with Gasteiger partial charge in [0.05, 0.1) is 23.5 Å². The summed E-state index contributed by atoms with van der Waals surface area (Å²) in [6.07, 6.45) is 3.85. The Morgan fingerprint density at radius 1 is 0.935 bits per heavy atom. The van der Waals surface area contributed by atoms with Crippen molar-refractivity contribution in [3.63, 3.8) is 0 Å². The Hall–Kier alpha value is -3.99. The molecule has 0 saturated carbocycles. The predicted octanol–water partition coefficient (Wildman–Crippen LogP) is 5.63. The number of carbonyl (C=O) groups excluding carboxylic acids is 1. The van der Waals surface area contributed by atoms with Crippen molar-refractivity contribution in [1.29, 1.82) is 0 Å². The lowest BCUT2D eigenvalue weighted by molar-refractivity contribution is -0.114. The average Bonchev–Trinajstić information content (AvgIpc) is 3.28. The highest BCUT2D eigenvalue weighted by atomic mass is 19.1. The maximum atomic E-state index is 14.2. The quantitative estimate of drug-likeness (QED) is 0.402. The molecular weight excluding hydrogens is 389 g/mol. The van der Waals surface area contributed by atoms with Crippen LogP contribution in [0.2, 0.25) is 0 Å². The molecule has 1 aliphatic rings. The van der Waals surface area contributed by atoms with Crippen LogP contribution in [0, 0.1) is 5.82 Å². The monoisotopic (exact) mass is 409 g/mol. The number of anilines is 1. The number of rotatable bonds is 4. The van der Waals surface area contributed by atoms with Crippen molar-refractivity contribution < 1.29 is 9.18 Å². The molecule has 5 rings (SSSR count). The minimum Gasteiger partial charge on any atom is -0.342 e. The molecule has 5 heteroatoms. The normalized spacial score (nSPS) is 15.2. The fourth-order valence-electron chi connectivity index (χ4n) is 3.92. The molecule has 0 bridgehead atoms. The molecule has 0 fully saturated rings. The number of amides is 1. The van der Waals surface area contributed by atoms with Crippen LogP contribution in [0.1, 0.15) is 18.1 Å². The molecule has 0 N–H and O–H groups in total. The average molecular weight is 409 g/mol. The smallest absolute Gasteiger partial charge is 0.280 e. The van der Waals surface area contributed by atoms with Crippen LogP contribution in [0.15, 0.2) is 95.7 Å². The zero-order valence-corrected chi connectivity index (χ0v) is 17.0. The van der Waals surface area contributed by atoms with Crippen molar-refractivity contribution in [2.75, 3.05) is 5.01 Å². The maximum Gasteiger partial charge on any atom is 0.280 e. The van der Waals surface area contributed by atoms with E-state index in [0.29, 0.717) is 23.4 Å². The molecule has 1 amide bonds. The van der Waals surface area contributed by atoms with E-state index < -0.39 is 0 Å². The van der Waals surface area contributed by atoms with E-state index in [1.165, 1.54) is 11.1 Å². The van der Waals surface area contributed by atoms with Crippen molar-refractivity contribution in [3.8, 4) is 0 Å². The van der Waals surface area contributed by atoms with E-state index in [9.17, 15) is 9.18 Å². The molecule has 0 unspecified atom stereocenters. The van der Waals surface area contributed by atoms with Gasteiger partial charge in [-0.1, -0.05) is 54.6 Å². The molecule has 2 heterocycles. The first-order valence-electron chi connectivity index (χ1n) is 10.1. The van der Waals surface area contributed by atoms with E-state index in [1.54, 1.807) is 12.1 Å². The summed E-state index contributed by atoms with van der Waals surface area (Å²) < 4.78 is 16.2. The Morgan fingerprint density at radius 3 is 2.45 bits per heavy atom. The molecular formula is C26H20FN3O. The van der Waals surface area contributed by atoms with Crippen molar-refractivity contribution in [2.45, 2.75) is 13.5 Å². The summed E-state index contributed by atoms with van der Waals surface area (Å²) in [6.45, 7) is 2.25. The molecule has 1 aliphatic heterocycles. The SMILES string of the molecule is CC1=NN(c2ccccc2)C(=O)/C1=C/c1cn(Cc2ccccc2F)c2ccccc12. The Kier molecular flexibility index (Phi) is 4.71. The second-order valence-electron chi connectivity index (χ2n) is 7.52. The van der Waals surface area contributed by atoms with Crippen LogP contribution in [0.25, 0.3) is 17.0 Å². The van der Waals surface area contributed by atoms with Crippen molar-refractivity contribution in [2.24, 2.45) is 5.10 Å². The van der Waals surface area contributed by atoms with E-state index in [0.717, 1.165) is 22.2 Å². The van der Waals surface area contributed by atoms with Crippen LogP contribution in [-0.2, 0) is 11.3 Å². The van der Waals surface area contributed by atoms with E-state index in [1.807, 2.05) is 84.4 Å². The number of para-hydroxylation sites is 2. The van der Waals surface area contributed by atoms with E-state index >= 15 is 0 Å². The van der Waals surface area contributed by atoms with Gasteiger partial charge in [0.25, 0.3) is 5.91 Å². The Balaban J connectivity index is 1.55.